The summed E-state index contributed by atoms with van der Waals surface area (Å²) in [6.45, 7) is 3.67. The third-order valence-electron chi connectivity index (χ3n) is 11.4. The summed E-state index contributed by atoms with van der Waals surface area (Å²) in [4.78, 5) is 42.2. The van der Waals surface area contributed by atoms with E-state index in [1.54, 1.807) is 28.3 Å². The van der Waals surface area contributed by atoms with Crippen LogP contribution < -0.4 is 15.9 Å². The van der Waals surface area contributed by atoms with Crippen molar-refractivity contribution in [2.75, 3.05) is 38.1 Å². The van der Waals surface area contributed by atoms with Crippen molar-refractivity contribution < 1.29 is 15.0 Å². The first-order chi connectivity index (χ1) is 26.7. The molecule has 6 aromatic rings. The average Bonchev–Trinajstić information content (AvgIpc) is 3.73. The van der Waals surface area contributed by atoms with Crippen LogP contribution in [0.4, 0.5) is 5.95 Å². The molecule has 0 radical (unpaired) electrons. The van der Waals surface area contributed by atoms with Gasteiger partial charge in [-0.15, -0.1) is 10.2 Å². The number of phenols is 1. The molecule has 55 heavy (non-hydrogen) atoms. The molecule has 1 amide bonds. The molecule has 2 saturated heterocycles. The number of carbonyl (C=O) groups excluding carboxylic acids is 1. The summed E-state index contributed by atoms with van der Waals surface area (Å²) in [5.74, 6) is 1.16. The van der Waals surface area contributed by atoms with Crippen molar-refractivity contribution in [3.8, 4) is 17.0 Å². The number of benzene rings is 2. The number of imidazole rings is 1. The number of rotatable bonds is 12. The van der Waals surface area contributed by atoms with Crippen molar-refractivity contribution in [1.82, 2.24) is 44.5 Å². The lowest BCUT2D eigenvalue weighted by Gasteiger charge is -2.32. The molecule has 286 valence electrons. The quantitative estimate of drug-likeness (QED) is 0.141. The van der Waals surface area contributed by atoms with Gasteiger partial charge in [0.25, 0.3) is 0 Å². The fourth-order valence-electron chi connectivity index (χ4n) is 8.28. The normalized spacial score (nSPS) is 18.1. The highest BCUT2D eigenvalue weighted by atomic mass is 16.3. The molecular formula is C41H48N10O4. The smallest absolute Gasteiger partial charge is 0.329 e. The van der Waals surface area contributed by atoms with E-state index in [-0.39, 0.29) is 23.8 Å². The fraction of sp³-hybridized carbons (Fsp3) is 0.415. The first-order valence-corrected chi connectivity index (χ1v) is 19.3. The maximum Gasteiger partial charge on any atom is 0.329 e. The molecule has 0 bridgehead atoms. The number of carbonyl (C=O) groups is 1. The number of aromatic amines is 1. The Morgan fingerprint density at radius 3 is 2.40 bits per heavy atom. The van der Waals surface area contributed by atoms with Crippen molar-refractivity contribution >= 4 is 33.9 Å². The van der Waals surface area contributed by atoms with Crippen molar-refractivity contribution in [2.24, 2.45) is 7.05 Å². The van der Waals surface area contributed by atoms with Gasteiger partial charge >= 0.3 is 5.69 Å². The molecule has 2 aliphatic heterocycles. The summed E-state index contributed by atoms with van der Waals surface area (Å²) in [5, 5.41) is 33.1. The molecule has 8 rings (SSSR count). The van der Waals surface area contributed by atoms with Crippen LogP contribution in [0.5, 0.6) is 5.75 Å². The summed E-state index contributed by atoms with van der Waals surface area (Å²) >= 11 is 0. The minimum absolute atomic E-state index is 0.187. The number of phenolic OH excluding ortho intramolecular Hbond substituents is 1. The second kappa shape index (κ2) is 15.6. The number of hydrogen-bond donors (Lipinski definition) is 4. The number of H-pyrrole nitrogens is 1. The summed E-state index contributed by atoms with van der Waals surface area (Å²) < 4.78 is 3.25. The summed E-state index contributed by atoms with van der Waals surface area (Å²) in [7, 11) is 3.91. The van der Waals surface area contributed by atoms with E-state index in [4.69, 9.17) is 9.97 Å². The Balaban J connectivity index is 0.787. The van der Waals surface area contributed by atoms with Crippen LogP contribution >= 0.6 is 0 Å². The number of nitrogens with zero attached hydrogens (tertiary/aromatic N) is 8. The number of nitrogens with one attached hydrogen (secondary N) is 2. The first kappa shape index (κ1) is 36.4. The van der Waals surface area contributed by atoms with E-state index < -0.39 is 12.3 Å². The van der Waals surface area contributed by atoms with E-state index in [1.807, 2.05) is 36.7 Å². The van der Waals surface area contributed by atoms with Gasteiger partial charge < -0.3 is 30.3 Å². The Hall–Kier alpha value is -5.60. The molecule has 14 heteroatoms. The number of aromatic hydroxyl groups is 1. The van der Waals surface area contributed by atoms with Gasteiger partial charge in [0.1, 0.15) is 12.0 Å². The predicted octanol–water partition coefficient (Wildman–Crippen LogP) is 4.42. The Kier molecular flexibility index (Phi) is 10.3. The molecule has 2 atom stereocenters. The van der Waals surface area contributed by atoms with Crippen LogP contribution in [0, 0.1) is 0 Å². The van der Waals surface area contributed by atoms with Crippen molar-refractivity contribution in [3.05, 3.63) is 94.3 Å². The van der Waals surface area contributed by atoms with Crippen molar-refractivity contribution in [3.63, 3.8) is 0 Å². The molecule has 2 unspecified atom stereocenters. The molecule has 2 fully saturated rings. The highest BCUT2D eigenvalue weighted by Crippen LogP contribution is 2.36. The van der Waals surface area contributed by atoms with Gasteiger partial charge in [-0.25, -0.2) is 14.8 Å². The molecule has 0 aliphatic carbocycles. The number of para-hydroxylation sites is 1. The highest BCUT2D eigenvalue weighted by Gasteiger charge is 2.31. The number of aliphatic hydroxyl groups excluding tert-OH is 1. The van der Waals surface area contributed by atoms with Crippen molar-refractivity contribution in [1.29, 1.82) is 0 Å². The SMILES string of the molecule is CN(CCCc1cnc(N2CCC(c3c[nH]c4nnc(-c5ccccc5O)cc34)CC2)nc1)CCCc1ccc2c(c1)n(C)c(=O)n2C1CCC(=O)NC1O. The largest absolute Gasteiger partial charge is 0.507 e. The van der Waals surface area contributed by atoms with Crippen LogP contribution in [-0.2, 0) is 24.7 Å². The Morgan fingerprint density at radius 2 is 1.65 bits per heavy atom. The Morgan fingerprint density at radius 1 is 0.909 bits per heavy atom. The van der Waals surface area contributed by atoms with Gasteiger partial charge in [0, 0.05) is 56.1 Å². The van der Waals surface area contributed by atoms with Gasteiger partial charge in [-0.05, 0) is 118 Å². The fourth-order valence-corrected chi connectivity index (χ4v) is 8.28. The number of fused-ring (bicyclic) bond motifs is 2. The average molecular weight is 745 g/mol. The van der Waals surface area contributed by atoms with E-state index in [0.29, 0.717) is 23.6 Å². The second-order valence-electron chi connectivity index (χ2n) is 15.1. The number of piperidine rings is 2. The Bertz CT molecular complexity index is 2360. The van der Waals surface area contributed by atoms with Gasteiger partial charge in [-0.1, -0.05) is 18.2 Å². The van der Waals surface area contributed by atoms with Gasteiger partial charge in [-0.3, -0.25) is 13.9 Å². The molecule has 4 N–H and O–H groups in total. The minimum Gasteiger partial charge on any atom is -0.507 e. The van der Waals surface area contributed by atoms with E-state index >= 15 is 0 Å². The monoisotopic (exact) mass is 744 g/mol. The zero-order valence-corrected chi connectivity index (χ0v) is 31.4. The molecule has 2 aliphatic rings. The van der Waals surface area contributed by atoms with E-state index in [1.165, 1.54) is 11.1 Å². The number of amides is 1. The molecular weight excluding hydrogens is 697 g/mol. The van der Waals surface area contributed by atoms with Gasteiger partial charge in [0.05, 0.1) is 22.8 Å². The molecule has 14 nitrogen and oxygen atoms in total. The zero-order valence-electron chi connectivity index (χ0n) is 31.4. The summed E-state index contributed by atoms with van der Waals surface area (Å²) in [5.41, 5.74) is 7.06. The minimum atomic E-state index is -1.08. The van der Waals surface area contributed by atoms with Gasteiger partial charge in [-0.2, -0.15) is 0 Å². The third kappa shape index (κ3) is 7.56. The molecule has 4 aromatic heterocycles. The van der Waals surface area contributed by atoms with Gasteiger partial charge in [0.15, 0.2) is 5.65 Å². The number of aryl methyl sites for hydroxylation is 3. The van der Waals surface area contributed by atoms with Crippen LogP contribution in [0.15, 0.2) is 71.9 Å². The zero-order chi connectivity index (χ0) is 38.1. The number of aliphatic hydroxyl groups is 1. The molecule has 0 spiro atoms. The van der Waals surface area contributed by atoms with Crippen LogP contribution in [0.25, 0.3) is 33.3 Å². The lowest BCUT2D eigenvalue weighted by molar-refractivity contribution is -0.128. The summed E-state index contributed by atoms with van der Waals surface area (Å²) in [6, 6.07) is 14.9. The standard InChI is InChI=1S/C41H48N10O4/c1-48(17-5-7-26-11-12-33-35(21-26)49(2)41(55)51(33)34-13-14-37(53)45-39(34)54)18-6-8-27-23-43-40(44-24-27)50-19-15-28(16-20-50)31-25-42-38-30(31)22-32(46-47-38)29-9-3-4-10-36(29)52/h3-4,9-12,21-25,28,34,39,52,54H,5-8,13-20H2,1-2H3,(H,42,47)(H,45,53). The van der Waals surface area contributed by atoms with Crippen molar-refractivity contribution in [2.45, 2.75) is 69.6 Å². The topological polar surface area (TPSA) is 170 Å². The van der Waals surface area contributed by atoms with E-state index in [0.717, 1.165) is 98.3 Å². The number of hydrogen-bond acceptors (Lipinski definition) is 10. The highest BCUT2D eigenvalue weighted by molar-refractivity contribution is 5.84. The number of aromatic nitrogens is 7. The maximum atomic E-state index is 13.1. The van der Waals surface area contributed by atoms with Crippen LogP contribution in [0.2, 0.25) is 0 Å². The molecule has 0 saturated carbocycles. The molecule has 2 aromatic carbocycles. The van der Waals surface area contributed by atoms with E-state index in [2.05, 4.69) is 55.7 Å². The number of anilines is 1. The van der Waals surface area contributed by atoms with E-state index in [9.17, 15) is 19.8 Å². The first-order valence-electron chi connectivity index (χ1n) is 19.3. The lowest BCUT2D eigenvalue weighted by atomic mass is 9.89. The lowest BCUT2D eigenvalue weighted by Crippen LogP contribution is -2.47. The Labute approximate surface area is 318 Å². The summed E-state index contributed by atoms with van der Waals surface area (Å²) in [6.07, 6.45) is 11.4. The second-order valence-corrected chi connectivity index (χ2v) is 15.1. The van der Waals surface area contributed by atoms with Crippen LogP contribution in [0.3, 0.4) is 0 Å². The molecule has 6 heterocycles. The van der Waals surface area contributed by atoms with Crippen LogP contribution in [0.1, 0.15) is 67.2 Å². The third-order valence-corrected chi connectivity index (χ3v) is 11.4. The van der Waals surface area contributed by atoms with Crippen LogP contribution in [-0.4, -0.2) is 94.8 Å². The maximum absolute atomic E-state index is 13.1. The predicted molar refractivity (Wildman–Crippen MR) is 211 cm³/mol. The van der Waals surface area contributed by atoms with Gasteiger partial charge in [0.2, 0.25) is 11.9 Å².